The van der Waals surface area contributed by atoms with Crippen LogP contribution in [0.4, 0.5) is 4.79 Å². The zero-order valence-electron chi connectivity index (χ0n) is 11.5. The molecule has 2 aliphatic heterocycles. The Morgan fingerprint density at radius 2 is 2.00 bits per heavy atom. The van der Waals surface area contributed by atoms with E-state index in [-0.39, 0.29) is 12.6 Å². The highest BCUT2D eigenvalue weighted by Gasteiger charge is 2.40. The number of piperidine rings is 1. The molecule has 0 aromatic rings. The van der Waals surface area contributed by atoms with E-state index in [0.717, 1.165) is 6.42 Å². The van der Waals surface area contributed by atoms with Crippen LogP contribution in [0.2, 0.25) is 0 Å². The van der Waals surface area contributed by atoms with Crippen molar-refractivity contribution in [1.82, 2.24) is 9.80 Å². The molecule has 0 aromatic carbocycles. The maximum atomic E-state index is 12.4. The fraction of sp³-hybridized carbons (Fsp3) is 0.846. The highest BCUT2D eigenvalue weighted by molar-refractivity contribution is 5.83. The fourth-order valence-corrected chi connectivity index (χ4v) is 2.89. The SMILES string of the molecule is CC1CCN(C(=O)N2CCC(C)(O)C2)C(C(=O)O)C1. The summed E-state index contributed by atoms with van der Waals surface area (Å²) in [6.45, 7) is 4.97. The maximum absolute atomic E-state index is 12.4. The molecule has 2 saturated heterocycles. The highest BCUT2D eigenvalue weighted by Crippen LogP contribution is 2.27. The number of likely N-dealkylation sites (tertiary alicyclic amines) is 2. The van der Waals surface area contributed by atoms with Gasteiger partial charge in [-0.05, 0) is 32.1 Å². The molecule has 0 radical (unpaired) electrons. The van der Waals surface area contributed by atoms with Crippen LogP contribution in [0, 0.1) is 5.92 Å². The van der Waals surface area contributed by atoms with Gasteiger partial charge in [0.15, 0.2) is 0 Å². The molecule has 2 N–H and O–H groups in total. The lowest BCUT2D eigenvalue weighted by molar-refractivity contribution is -0.144. The third kappa shape index (κ3) is 3.00. The number of aliphatic hydroxyl groups is 1. The molecule has 6 heteroatoms. The summed E-state index contributed by atoms with van der Waals surface area (Å²) in [6.07, 6.45) is 1.88. The minimum absolute atomic E-state index is 0.253. The number of β-amino-alcohol motifs (C(OH)–C–C–N with tert-alkyl or cyclic N) is 1. The number of aliphatic carboxylic acids is 1. The van der Waals surface area contributed by atoms with E-state index < -0.39 is 17.6 Å². The van der Waals surface area contributed by atoms with Gasteiger partial charge in [-0.15, -0.1) is 0 Å². The molecule has 108 valence electrons. The molecular formula is C13H22N2O4. The molecule has 2 rings (SSSR count). The average molecular weight is 270 g/mol. The lowest BCUT2D eigenvalue weighted by Crippen LogP contribution is -2.54. The molecule has 19 heavy (non-hydrogen) atoms. The van der Waals surface area contributed by atoms with Crippen LogP contribution < -0.4 is 0 Å². The van der Waals surface area contributed by atoms with Crippen molar-refractivity contribution in [2.45, 2.75) is 44.8 Å². The van der Waals surface area contributed by atoms with E-state index in [1.807, 2.05) is 6.92 Å². The molecule has 2 aliphatic rings. The van der Waals surface area contributed by atoms with Crippen LogP contribution >= 0.6 is 0 Å². The molecular weight excluding hydrogens is 248 g/mol. The van der Waals surface area contributed by atoms with Crippen LogP contribution in [0.15, 0.2) is 0 Å². The summed E-state index contributed by atoms with van der Waals surface area (Å²) < 4.78 is 0. The zero-order valence-corrected chi connectivity index (χ0v) is 11.5. The number of carboxylic acid groups (broad SMARTS) is 1. The molecule has 6 nitrogen and oxygen atoms in total. The second kappa shape index (κ2) is 5.00. The Balaban J connectivity index is 2.07. The average Bonchev–Trinajstić information content (AvgIpc) is 2.68. The molecule has 0 spiro atoms. The van der Waals surface area contributed by atoms with E-state index in [4.69, 9.17) is 0 Å². The van der Waals surface area contributed by atoms with Crippen molar-refractivity contribution in [2.24, 2.45) is 5.92 Å². The van der Waals surface area contributed by atoms with Gasteiger partial charge in [0, 0.05) is 13.1 Å². The van der Waals surface area contributed by atoms with Crippen molar-refractivity contribution in [2.75, 3.05) is 19.6 Å². The topological polar surface area (TPSA) is 81.1 Å². The smallest absolute Gasteiger partial charge is 0.326 e. The minimum atomic E-state index is -0.939. The van der Waals surface area contributed by atoms with Crippen molar-refractivity contribution >= 4 is 12.0 Å². The van der Waals surface area contributed by atoms with Gasteiger partial charge < -0.3 is 20.0 Å². The van der Waals surface area contributed by atoms with Gasteiger partial charge in [0.1, 0.15) is 6.04 Å². The van der Waals surface area contributed by atoms with Gasteiger partial charge in [0.05, 0.1) is 12.1 Å². The number of nitrogens with zero attached hydrogens (tertiary/aromatic N) is 2. The third-order valence-corrected chi connectivity index (χ3v) is 4.12. The molecule has 3 atom stereocenters. The first kappa shape index (κ1) is 14.1. The normalized spacial score (nSPS) is 35.5. The van der Waals surface area contributed by atoms with E-state index in [1.54, 1.807) is 11.8 Å². The van der Waals surface area contributed by atoms with Gasteiger partial charge in [0.25, 0.3) is 0 Å². The van der Waals surface area contributed by atoms with Crippen LogP contribution in [-0.4, -0.2) is 63.3 Å². The zero-order chi connectivity index (χ0) is 14.2. The first-order valence-electron chi connectivity index (χ1n) is 6.81. The summed E-state index contributed by atoms with van der Waals surface area (Å²) in [4.78, 5) is 26.7. The van der Waals surface area contributed by atoms with Crippen molar-refractivity contribution in [1.29, 1.82) is 0 Å². The van der Waals surface area contributed by atoms with Crippen molar-refractivity contribution < 1.29 is 19.8 Å². The van der Waals surface area contributed by atoms with Crippen LogP contribution in [0.5, 0.6) is 0 Å². The van der Waals surface area contributed by atoms with Crippen LogP contribution in [0.25, 0.3) is 0 Å². The lowest BCUT2D eigenvalue weighted by atomic mass is 9.93. The summed E-state index contributed by atoms with van der Waals surface area (Å²) in [5.41, 5.74) is -0.850. The number of carboxylic acids is 1. The summed E-state index contributed by atoms with van der Waals surface area (Å²) in [5.74, 6) is -0.613. The summed E-state index contributed by atoms with van der Waals surface area (Å²) in [5, 5.41) is 19.2. The molecule has 2 heterocycles. The number of hydrogen-bond acceptors (Lipinski definition) is 3. The Morgan fingerprint density at radius 1 is 1.32 bits per heavy atom. The van der Waals surface area contributed by atoms with E-state index in [9.17, 15) is 19.8 Å². The molecule has 2 amide bonds. The van der Waals surface area contributed by atoms with Crippen LogP contribution in [-0.2, 0) is 4.79 Å². The maximum Gasteiger partial charge on any atom is 0.326 e. The van der Waals surface area contributed by atoms with E-state index >= 15 is 0 Å². The summed E-state index contributed by atoms with van der Waals surface area (Å²) in [7, 11) is 0. The quantitative estimate of drug-likeness (QED) is 0.736. The van der Waals surface area contributed by atoms with E-state index in [1.165, 1.54) is 4.90 Å². The second-order valence-corrected chi connectivity index (χ2v) is 6.13. The predicted octanol–water partition coefficient (Wildman–Crippen LogP) is 0.748. The molecule has 0 saturated carbocycles. The Hall–Kier alpha value is -1.30. The van der Waals surface area contributed by atoms with Gasteiger partial charge >= 0.3 is 12.0 Å². The Kier molecular flexibility index (Phi) is 3.71. The fourth-order valence-electron chi connectivity index (χ4n) is 2.89. The monoisotopic (exact) mass is 270 g/mol. The molecule has 0 aliphatic carbocycles. The Labute approximate surface area is 113 Å². The van der Waals surface area contributed by atoms with E-state index in [0.29, 0.717) is 31.8 Å². The van der Waals surface area contributed by atoms with Gasteiger partial charge in [-0.1, -0.05) is 6.92 Å². The minimum Gasteiger partial charge on any atom is -0.480 e. The van der Waals surface area contributed by atoms with Crippen molar-refractivity contribution in [3.05, 3.63) is 0 Å². The van der Waals surface area contributed by atoms with Crippen molar-refractivity contribution in [3.8, 4) is 0 Å². The van der Waals surface area contributed by atoms with Gasteiger partial charge in [-0.2, -0.15) is 0 Å². The van der Waals surface area contributed by atoms with E-state index in [2.05, 4.69) is 0 Å². The summed E-state index contributed by atoms with van der Waals surface area (Å²) >= 11 is 0. The molecule has 0 bridgehead atoms. The predicted molar refractivity (Wildman–Crippen MR) is 68.7 cm³/mol. The first-order valence-corrected chi connectivity index (χ1v) is 6.81. The van der Waals surface area contributed by atoms with Gasteiger partial charge in [-0.25, -0.2) is 9.59 Å². The lowest BCUT2D eigenvalue weighted by Gasteiger charge is -2.38. The largest absolute Gasteiger partial charge is 0.480 e. The number of rotatable bonds is 1. The molecule has 2 fully saturated rings. The molecule has 0 aromatic heterocycles. The second-order valence-electron chi connectivity index (χ2n) is 6.13. The van der Waals surface area contributed by atoms with Gasteiger partial charge in [0.2, 0.25) is 0 Å². The van der Waals surface area contributed by atoms with Crippen LogP contribution in [0.3, 0.4) is 0 Å². The summed E-state index contributed by atoms with van der Waals surface area (Å²) in [6, 6.07) is -0.987. The first-order chi connectivity index (χ1) is 8.80. The number of urea groups is 1. The number of carbonyl (C=O) groups is 2. The van der Waals surface area contributed by atoms with Crippen LogP contribution in [0.1, 0.15) is 33.1 Å². The standard InChI is InChI=1S/C13H22N2O4/c1-9-3-5-15(10(7-9)11(16)17)12(18)14-6-4-13(2,19)8-14/h9-10,19H,3-8H2,1-2H3,(H,16,17). The number of hydrogen-bond donors (Lipinski definition) is 2. The third-order valence-electron chi connectivity index (χ3n) is 4.12. The molecule has 3 unspecified atom stereocenters. The Bertz CT molecular complexity index is 383. The highest BCUT2D eigenvalue weighted by atomic mass is 16.4. The van der Waals surface area contributed by atoms with Gasteiger partial charge in [-0.3, -0.25) is 0 Å². The Morgan fingerprint density at radius 3 is 2.53 bits per heavy atom. The number of amides is 2. The number of carbonyl (C=O) groups excluding carboxylic acids is 1. The van der Waals surface area contributed by atoms with Crippen molar-refractivity contribution in [3.63, 3.8) is 0 Å².